The van der Waals surface area contributed by atoms with E-state index in [1.165, 1.54) is 31.3 Å². The Hall–Kier alpha value is -2.14. The minimum absolute atomic E-state index is 0.0406. The Bertz CT molecular complexity index is 773. The summed E-state index contributed by atoms with van der Waals surface area (Å²) in [5, 5.41) is 0. The van der Waals surface area contributed by atoms with Gasteiger partial charge in [0.25, 0.3) is 5.91 Å². The van der Waals surface area contributed by atoms with Crippen LogP contribution in [-0.2, 0) is 12.8 Å². The standard InChI is InChI=1S/C22H29N3O2/c1-2-19-20(23-17-27-19)21(26)25-14-11-22(16-25)10-6-12-24(15-22)13-9-18-7-4-3-5-8-18/h3-5,7-8,17H,2,6,9-16H2,1H3/t22-/m0/s1. The first kappa shape index (κ1) is 18.2. The van der Waals surface area contributed by atoms with Gasteiger partial charge >= 0.3 is 0 Å². The van der Waals surface area contributed by atoms with Crippen molar-refractivity contribution in [2.24, 2.45) is 5.41 Å². The second kappa shape index (κ2) is 7.85. The number of carbonyl (C=O) groups excluding carboxylic acids is 1. The molecule has 0 radical (unpaired) electrons. The van der Waals surface area contributed by atoms with Gasteiger partial charge in [-0.2, -0.15) is 0 Å². The fourth-order valence-corrected chi connectivity index (χ4v) is 4.72. The second-order valence-corrected chi connectivity index (χ2v) is 8.07. The van der Waals surface area contributed by atoms with Gasteiger partial charge in [-0.1, -0.05) is 37.3 Å². The maximum Gasteiger partial charge on any atom is 0.276 e. The fraction of sp³-hybridized carbons (Fsp3) is 0.545. The van der Waals surface area contributed by atoms with Gasteiger partial charge in [-0.3, -0.25) is 4.79 Å². The Balaban J connectivity index is 1.37. The molecule has 0 aliphatic carbocycles. The highest BCUT2D eigenvalue weighted by Gasteiger charge is 2.43. The summed E-state index contributed by atoms with van der Waals surface area (Å²) < 4.78 is 5.36. The number of aryl methyl sites for hydroxylation is 1. The highest BCUT2D eigenvalue weighted by Crippen LogP contribution is 2.39. The summed E-state index contributed by atoms with van der Waals surface area (Å²) in [6, 6.07) is 10.7. The van der Waals surface area contributed by atoms with E-state index in [0.29, 0.717) is 17.9 Å². The van der Waals surface area contributed by atoms with E-state index in [-0.39, 0.29) is 11.3 Å². The summed E-state index contributed by atoms with van der Waals surface area (Å²) in [7, 11) is 0. The molecule has 27 heavy (non-hydrogen) atoms. The maximum atomic E-state index is 12.9. The lowest BCUT2D eigenvalue weighted by molar-refractivity contribution is 0.0686. The number of benzene rings is 1. The number of rotatable bonds is 5. The number of oxazole rings is 1. The molecular formula is C22H29N3O2. The van der Waals surface area contributed by atoms with Crippen LogP contribution in [-0.4, -0.2) is 53.4 Å². The van der Waals surface area contributed by atoms with E-state index >= 15 is 0 Å². The van der Waals surface area contributed by atoms with Crippen LogP contribution in [0.2, 0.25) is 0 Å². The largest absolute Gasteiger partial charge is 0.448 e. The molecule has 2 aromatic rings. The molecule has 2 aliphatic heterocycles. The van der Waals surface area contributed by atoms with Crippen molar-refractivity contribution in [1.82, 2.24) is 14.8 Å². The Kier molecular flexibility index (Phi) is 5.30. The molecule has 5 heteroatoms. The van der Waals surface area contributed by atoms with Crippen molar-refractivity contribution in [3.8, 4) is 0 Å². The Morgan fingerprint density at radius 1 is 1.19 bits per heavy atom. The molecular weight excluding hydrogens is 338 g/mol. The molecule has 1 atom stereocenters. The average Bonchev–Trinajstić information content (AvgIpc) is 3.34. The average molecular weight is 367 g/mol. The van der Waals surface area contributed by atoms with Crippen molar-refractivity contribution in [3.63, 3.8) is 0 Å². The zero-order valence-corrected chi connectivity index (χ0v) is 16.2. The van der Waals surface area contributed by atoms with Crippen molar-refractivity contribution in [2.75, 3.05) is 32.7 Å². The first-order chi connectivity index (χ1) is 13.2. The van der Waals surface area contributed by atoms with Crippen LogP contribution in [0, 0.1) is 5.41 Å². The van der Waals surface area contributed by atoms with Gasteiger partial charge in [-0.05, 0) is 37.8 Å². The van der Waals surface area contributed by atoms with Crippen LogP contribution in [0.15, 0.2) is 41.1 Å². The SMILES string of the molecule is CCc1ocnc1C(=O)N1CC[C@]2(CCCN(CCc3ccccc3)C2)C1. The van der Waals surface area contributed by atoms with Crippen LogP contribution in [0.25, 0.3) is 0 Å². The zero-order chi connectivity index (χ0) is 18.7. The summed E-state index contributed by atoms with van der Waals surface area (Å²) in [5.41, 5.74) is 2.16. The van der Waals surface area contributed by atoms with Crippen LogP contribution in [0.4, 0.5) is 0 Å². The molecule has 4 rings (SSSR count). The number of likely N-dealkylation sites (tertiary alicyclic amines) is 2. The normalized spacial score (nSPS) is 23.2. The predicted octanol–water partition coefficient (Wildman–Crippen LogP) is 3.41. The Labute approximate surface area is 161 Å². The fourth-order valence-electron chi connectivity index (χ4n) is 4.72. The molecule has 0 unspecified atom stereocenters. The van der Waals surface area contributed by atoms with Crippen LogP contribution >= 0.6 is 0 Å². The molecule has 1 amide bonds. The summed E-state index contributed by atoms with van der Waals surface area (Å²) in [6.45, 7) is 7.05. The molecule has 1 aromatic heterocycles. The lowest BCUT2D eigenvalue weighted by Gasteiger charge is -2.40. The lowest BCUT2D eigenvalue weighted by atomic mass is 9.79. The van der Waals surface area contributed by atoms with Crippen LogP contribution in [0.1, 0.15) is 48.0 Å². The van der Waals surface area contributed by atoms with Gasteiger partial charge in [0, 0.05) is 38.0 Å². The monoisotopic (exact) mass is 367 g/mol. The van der Waals surface area contributed by atoms with Crippen molar-refractivity contribution < 1.29 is 9.21 Å². The first-order valence-electron chi connectivity index (χ1n) is 10.2. The van der Waals surface area contributed by atoms with Crippen molar-refractivity contribution >= 4 is 5.91 Å². The highest BCUT2D eigenvalue weighted by atomic mass is 16.3. The maximum absolute atomic E-state index is 12.9. The number of hydrogen-bond acceptors (Lipinski definition) is 4. The van der Waals surface area contributed by atoms with Crippen molar-refractivity contribution in [3.05, 3.63) is 53.7 Å². The number of amides is 1. The highest BCUT2D eigenvalue weighted by molar-refractivity contribution is 5.93. The van der Waals surface area contributed by atoms with E-state index in [0.717, 1.165) is 39.0 Å². The molecule has 2 aliphatic rings. The van der Waals surface area contributed by atoms with E-state index in [4.69, 9.17) is 4.42 Å². The van der Waals surface area contributed by atoms with Crippen LogP contribution < -0.4 is 0 Å². The number of aromatic nitrogens is 1. The van der Waals surface area contributed by atoms with Gasteiger partial charge in [-0.25, -0.2) is 4.98 Å². The van der Waals surface area contributed by atoms with E-state index in [9.17, 15) is 4.79 Å². The van der Waals surface area contributed by atoms with E-state index in [1.807, 2.05) is 11.8 Å². The molecule has 0 N–H and O–H groups in total. The number of piperidine rings is 1. The Morgan fingerprint density at radius 3 is 2.85 bits per heavy atom. The van der Waals surface area contributed by atoms with E-state index < -0.39 is 0 Å². The van der Waals surface area contributed by atoms with Gasteiger partial charge in [0.15, 0.2) is 12.1 Å². The van der Waals surface area contributed by atoms with Crippen LogP contribution in [0.3, 0.4) is 0 Å². The minimum Gasteiger partial charge on any atom is -0.448 e. The smallest absolute Gasteiger partial charge is 0.276 e. The van der Waals surface area contributed by atoms with Gasteiger partial charge in [0.1, 0.15) is 5.76 Å². The number of nitrogens with zero attached hydrogens (tertiary/aromatic N) is 3. The van der Waals surface area contributed by atoms with Crippen molar-refractivity contribution in [1.29, 1.82) is 0 Å². The molecule has 1 spiro atoms. The third kappa shape index (κ3) is 3.93. The van der Waals surface area contributed by atoms with Gasteiger partial charge < -0.3 is 14.2 Å². The predicted molar refractivity (Wildman–Crippen MR) is 105 cm³/mol. The Morgan fingerprint density at radius 2 is 2.04 bits per heavy atom. The molecule has 144 valence electrons. The van der Waals surface area contributed by atoms with Crippen LogP contribution in [0.5, 0.6) is 0 Å². The third-order valence-corrected chi connectivity index (χ3v) is 6.19. The molecule has 3 heterocycles. The molecule has 2 saturated heterocycles. The lowest BCUT2D eigenvalue weighted by Crippen LogP contribution is -2.46. The van der Waals surface area contributed by atoms with Gasteiger partial charge in [0.05, 0.1) is 0 Å². The number of hydrogen-bond donors (Lipinski definition) is 0. The number of carbonyl (C=O) groups is 1. The zero-order valence-electron chi connectivity index (χ0n) is 16.2. The molecule has 2 fully saturated rings. The first-order valence-corrected chi connectivity index (χ1v) is 10.2. The summed E-state index contributed by atoms with van der Waals surface area (Å²) >= 11 is 0. The molecule has 1 aromatic carbocycles. The molecule has 0 saturated carbocycles. The summed E-state index contributed by atoms with van der Waals surface area (Å²) in [5.74, 6) is 0.743. The van der Waals surface area contributed by atoms with Crippen molar-refractivity contribution in [2.45, 2.75) is 39.0 Å². The van der Waals surface area contributed by atoms with Gasteiger partial charge in [-0.15, -0.1) is 0 Å². The summed E-state index contributed by atoms with van der Waals surface area (Å²) in [6.07, 6.45) is 6.73. The quantitative estimate of drug-likeness (QED) is 0.813. The second-order valence-electron chi connectivity index (χ2n) is 8.07. The van der Waals surface area contributed by atoms with Gasteiger partial charge in [0.2, 0.25) is 0 Å². The molecule has 0 bridgehead atoms. The topological polar surface area (TPSA) is 49.6 Å². The summed E-state index contributed by atoms with van der Waals surface area (Å²) in [4.78, 5) is 21.7. The van der Waals surface area contributed by atoms with E-state index in [1.54, 1.807) is 0 Å². The van der Waals surface area contributed by atoms with E-state index in [2.05, 4.69) is 40.2 Å². The third-order valence-electron chi connectivity index (χ3n) is 6.19. The molecule has 5 nitrogen and oxygen atoms in total. The minimum atomic E-state index is 0.0406.